The second-order valence-corrected chi connectivity index (χ2v) is 4.87. The topological polar surface area (TPSA) is 92.4 Å². The summed E-state index contributed by atoms with van der Waals surface area (Å²) >= 11 is 0. The summed E-state index contributed by atoms with van der Waals surface area (Å²) in [4.78, 5) is 23.4. The highest BCUT2D eigenvalue weighted by Gasteiger charge is 2.31. The summed E-state index contributed by atoms with van der Waals surface area (Å²) in [5.74, 6) is -2.03. The minimum atomic E-state index is -0.966. The molecule has 1 rings (SSSR count). The fourth-order valence-corrected chi connectivity index (χ4v) is 1.97. The fourth-order valence-electron chi connectivity index (χ4n) is 1.97. The van der Waals surface area contributed by atoms with Gasteiger partial charge in [-0.1, -0.05) is 44.2 Å². The Balaban J connectivity index is 2.75. The number of carboxylic acid groups (broad SMARTS) is 1. The highest BCUT2D eigenvalue weighted by Crippen LogP contribution is 2.16. The first-order valence-electron chi connectivity index (χ1n) is 6.79. The molecule has 1 atom stereocenters. The molecule has 4 N–H and O–H groups in total. The van der Waals surface area contributed by atoms with Gasteiger partial charge in [-0.2, -0.15) is 0 Å². The van der Waals surface area contributed by atoms with Crippen molar-refractivity contribution in [3.63, 3.8) is 0 Å². The molecular formula is C15H22N2O3. The van der Waals surface area contributed by atoms with Crippen LogP contribution in [0.3, 0.4) is 0 Å². The van der Waals surface area contributed by atoms with Crippen molar-refractivity contribution in [3.05, 3.63) is 35.9 Å². The first-order valence-corrected chi connectivity index (χ1v) is 6.79. The molecule has 1 aromatic carbocycles. The van der Waals surface area contributed by atoms with Crippen molar-refractivity contribution in [1.29, 1.82) is 0 Å². The Kier molecular flexibility index (Phi) is 5.70. The van der Waals surface area contributed by atoms with Crippen LogP contribution >= 0.6 is 0 Å². The smallest absolute Gasteiger partial charge is 0.312 e. The van der Waals surface area contributed by atoms with Crippen molar-refractivity contribution in [2.75, 3.05) is 6.54 Å². The van der Waals surface area contributed by atoms with Gasteiger partial charge in [0.1, 0.15) is 0 Å². The molecule has 0 heterocycles. The van der Waals surface area contributed by atoms with E-state index in [4.69, 9.17) is 5.73 Å². The lowest BCUT2D eigenvalue weighted by molar-refractivity contribution is -0.138. The van der Waals surface area contributed by atoms with Crippen LogP contribution in [0.25, 0.3) is 0 Å². The minimum absolute atomic E-state index is 0.0388. The predicted octanol–water partition coefficient (Wildman–Crippen LogP) is 1.49. The van der Waals surface area contributed by atoms with Gasteiger partial charge in [0.05, 0.1) is 11.5 Å². The van der Waals surface area contributed by atoms with Gasteiger partial charge < -0.3 is 16.2 Å². The number of hydrogen-bond acceptors (Lipinski definition) is 3. The number of carbonyl (C=O) groups is 2. The standard InChI is InChI=1S/C15H22N2O3/c1-3-15(16,4-2)14(20)17-10-12(13(18)19)11-8-6-5-7-9-11/h5-9,12H,3-4,10,16H2,1-2H3,(H,17,20)(H,18,19). The first kappa shape index (κ1) is 16.2. The van der Waals surface area contributed by atoms with E-state index in [0.717, 1.165) is 0 Å². The van der Waals surface area contributed by atoms with Crippen molar-refractivity contribution in [1.82, 2.24) is 5.32 Å². The van der Waals surface area contributed by atoms with E-state index in [2.05, 4.69) is 5.32 Å². The van der Waals surface area contributed by atoms with E-state index in [9.17, 15) is 14.7 Å². The number of hydrogen-bond donors (Lipinski definition) is 3. The van der Waals surface area contributed by atoms with Crippen LogP contribution in [0, 0.1) is 0 Å². The Morgan fingerprint density at radius 1 is 1.25 bits per heavy atom. The number of carbonyl (C=O) groups excluding carboxylic acids is 1. The summed E-state index contributed by atoms with van der Waals surface area (Å²) in [6, 6.07) is 8.84. The van der Waals surface area contributed by atoms with Crippen LogP contribution in [0.1, 0.15) is 38.2 Å². The number of nitrogens with two attached hydrogens (primary N) is 1. The second kappa shape index (κ2) is 7.05. The van der Waals surface area contributed by atoms with E-state index in [1.54, 1.807) is 24.3 Å². The molecule has 1 aromatic rings. The van der Waals surface area contributed by atoms with Gasteiger partial charge in [0, 0.05) is 6.54 Å². The molecule has 0 aliphatic rings. The van der Waals surface area contributed by atoms with E-state index in [0.29, 0.717) is 18.4 Å². The number of amides is 1. The molecule has 0 aliphatic heterocycles. The monoisotopic (exact) mass is 278 g/mol. The molecule has 0 radical (unpaired) electrons. The van der Waals surface area contributed by atoms with Crippen LogP contribution in [-0.2, 0) is 9.59 Å². The lowest BCUT2D eigenvalue weighted by Crippen LogP contribution is -2.54. The average molecular weight is 278 g/mol. The number of nitrogens with one attached hydrogen (secondary N) is 1. The van der Waals surface area contributed by atoms with Crippen molar-refractivity contribution >= 4 is 11.9 Å². The molecule has 0 aliphatic carbocycles. The lowest BCUT2D eigenvalue weighted by atomic mass is 9.92. The Bertz CT molecular complexity index is 455. The molecule has 0 saturated carbocycles. The van der Waals surface area contributed by atoms with E-state index in [1.807, 2.05) is 19.9 Å². The largest absolute Gasteiger partial charge is 0.481 e. The van der Waals surface area contributed by atoms with E-state index < -0.39 is 17.4 Å². The number of carboxylic acids is 1. The highest BCUT2D eigenvalue weighted by molar-refractivity contribution is 5.86. The van der Waals surface area contributed by atoms with Crippen molar-refractivity contribution < 1.29 is 14.7 Å². The van der Waals surface area contributed by atoms with Crippen LogP contribution in [0.5, 0.6) is 0 Å². The molecule has 20 heavy (non-hydrogen) atoms. The quantitative estimate of drug-likeness (QED) is 0.704. The molecule has 1 amide bonds. The summed E-state index contributed by atoms with van der Waals surface area (Å²) in [6.45, 7) is 3.72. The normalized spacial score (nSPS) is 12.8. The Labute approximate surface area is 119 Å². The zero-order valence-electron chi connectivity index (χ0n) is 11.9. The average Bonchev–Trinajstić information content (AvgIpc) is 2.47. The Hall–Kier alpha value is -1.88. The number of rotatable bonds is 7. The SMILES string of the molecule is CCC(N)(CC)C(=O)NCC(C(=O)O)c1ccccc1. The van der Waals surface area contributed by atoms with E-state index in [-0.39, 0.29) is 12.5 Å². The summed E-state index contributed by atoms with van der Waals surface area (Å²) in [6.07, 6.45) is 1.02. The molecule has 0 fully saturated rings. The number of aliphatic carboxylic acids is 1. The number of benzene rings is 1. The zero-order valence-corrected chi connectivity index (χ0v) is 11.9. The van der Waals surface area contributed by atoms with E-state index in [1.165, 1.54) is 0 Å². The van der Waals surface area contributed by atoms with Gasteiger partial charge in [-0.25, -0.2) is 0 Å². The Morgan fingerprint density at radius 3 is 2.25 bits per heavy atom. The molecule has 5 heteroatoms. The van der Waals surface area contributed by atoms with Gasteiger partial charge in [-0.05, 0) is 18.4 Å². The fraction of sp³-hybridized carbons (Fsp3) is 0.467. The third kappa shape index (κ3) is 3.81. The Morgan fingerprint density at radius 2 is 1.80 bits per heavy atom. The van der Waals surface area contributed by atoms with Crippen molar-refractivity contribution in [2.24, 2.45) is 5.73 Å². The maximum absolute atomic E-state index is 12.1. The lowest BCUT2D eigenvalue weighted by Gasteiger charge is -2.26. The maximum atomic E-state index is 12.1. The second-order valence-electron chi connectivity index (χ2n) is 4.87. The van der Waals surface area contributed by atoms with Crippen LogP contribution in [-0.4, -0.2) is 29.1 Å². The van der Waals surface area contributed by atoms with Gasteiger partial charge in [-0.3, -0.25) is 9.59 Å². The summed E-state index contributed by atoms with van der Waals surface area (Å²) in [5.41, 5.74) is 5.71. The summed E-state index contributed by atoms with van der Waals surface area (Å²) < 4.78 is 0. The van der Waals surface area contributed by atoms with Crippen LogP contribution in [0.2, 0.25) is 0 Å². The third-order valence-corrected chi connectivity index (χ3v) is 3.68. The van der Waals surface area contributed by atoms with Gasteiger partial charge in [0.2, 0.25) is 5.91 Å². The van der Waals surface area contributed by atoms with Gasteiger partial charge in [-0.15, -0.1) is 0 Å². The van der Waals surface area contributed by atoms with Crippen LogP contribution in [0.15, 0.2) is 30.3 Å². The molecular weight excluding hydrogens is 256 g/mol. The van der Waals surface area contributed by atoms with Gasteiger partial charge in [0.15, 0.2) is 0 Å². The molecule has 0 saturated heterocycles. The highest BCUT2D eigenvalue weighted by atomic mass is 16.4. The molecule has 1 unspecified atom stereocenters. The van der Waals surface area contributed by atoms with Gasteiger partial charge in [0.25, 0.3) is 0 Å². The van der Waals surface area contributed by atoms with Crippen LogP contribution < -0.4 is 11.1 Å². The maximum Gasteiger partial charge on any atom is 0.312 e. The molecule has 0 aromatic heterocycles. The molecule has 110 valence electrons. The summed E-state index contributed by atoms with van der Waals surface area (Å²) in [7, 11) is 0. The predicted molar refractivity (Wildman–Crippen MR) is 77.3 cm³/mol. The van der Waals surface area contributed by atoms with Gasteiger partial charge >= 0.3 is 5.97 Å². The molecule has 0 spiro atoms. The first-order chi connectivity index (χ1) is 9.44. The zero-order chi connectivity index (χ0) is 15.2. The van der Waals surface area contributed by atoms with Crippen molar-refractivity contribution in [3.8, 4) is 0 Å². The molecule has 0 bridgehead atoms. The third-order valence-electron chi connectivity index (χ3n) is 3.68. The summed E-state index contributed by atoms with van der Waals surface area (Å²) in [5, 5.41) is 11.9. The van der Waals surface area contributed by atoms with Crippen molar-refractivity contribution in [2.45, 2.75) is 38.1 Å². The minimum Gasteiger partial charge on any atom is -0.481 e. The molecule has 5 nitrogen and oxygen atoms in total. The van der Waals surface area contributed by atoms with Crippen LogP contribution in [0.4, 0.5) is 0 Å². The van der Waals surface area contributed by atoms with E-state index >= 15 is 0 Å².